The molecule has 0 saturated carbocycles. The molecule has 2 aromatic rings. The van der Waals surface area contributed by atoms with Crippen molar-refractivity contribution in [1.82, 2.24) is 15.3 Å². The monoisotopic (exact) mass is 228 g/mol. The van der Waals surface area contributed by atoms with E-state index in [1.54, 1.807) is 6.20 Å². The molecule has 0 aliphatic carbocycles. The molecular weight excluding hydrogens is 212 g/mol. The molecule has 0 radical (unpaired) electrons. The summed E-state index contributed by atoms with van der Waals surface area (Å²) in [6.45, 7) is 2.20. The predicted molar refractivity (Wildman–Crippen MR) is 68.8 cm³/mol. The van der Waals surface area contributed by atoms with Gasteiger partial charge in [0.05, 0.1) is 17.2 Å². The van der Waals surface area contributed by atoms with Crippen LogP contribution in [-0.2, 0) is 0 Å². The molecule has 2 heterocycles. The maximum atomic E-state index is 5.62. The van der Waals surface area contributed by atoms with Crippen molar-refractivity contribution < 1.29 is 0 Å². The zero-order chi connectivity index (χ0) is 11.7. The third-order valence-electron chi connectivity index (χ3n) is 3.35. The average Bonchev–Trinajstić information content (AvgIpc) is 2.39. The van der Waals surface area contributed by atoms with Gasteiger partial charge >= 0.3 is 0 Å². The number of nitrogens with zero attached hydrogens (tertiary/aromatic N) is 2. The number of piperidine rings is 1. The molecule has 0 bridgehead atoms. The molecule has 4 heteroatoms. The Balaban J connectivity index is 1.98. The predicted octanol–water partition coefficient (Wildman–Crippen LogP) is 1.68. The molecule has 0 spiro atoms. The van der Waals surface area contributed by atoms with Gasteiger partial charge in [-0.3, -0.25) is 4.98 Å². The van der Waals surface area contributed by atoms with E-state index in [1.165, 1.54) is 18.4 Å². The van der Waals surface area contributed by atoms with E-state index in [-0.39, 0.29) is 0 Å². The van der Waals surface area contributed by atoms with Crippen LogP contribution in [0.25, 0.3) is 11.0 Å². The highest BCUT2D eigenvalue weighted by Crippen LogP contribution is 2.25. The minimum Gasteiger partial charge on any atom is -0.382 e. The van der Waals surface area contributed by atoms with Crippen molar-refractivity contribution in [3.63, 3.8) is 0 Å². The molecule has 1 aromatic heterocycles. The lowest BCUT2D eigenvalue weighted by Gasteiger charge is -2.23. The highest BCUT2D eigenvalue weighted by atomic mass is 14.9. The second-order valence-electron chi connectivity index (χ2n) is 4.59. The van der Waals surface area contributed by atoms with Gasteiger partial charge in [-0.05, 0) is 43.0 Å². The van der Waals surface area contributed by atoms with E-state index >= 15 is 0 Å². The van der Waals surface area contributed by atoms with Gasteiger partial charge in [0.15, 0.2) is 0 Å². The normalized spacial score (nSPS) is 20.6. The first-order valence-corrected chi connectivity index (χ1v) is 6.06. The van der Waals surface area contributed by atoms with Crippen molar-refractivity contribution >= 4 is 16.9 Å². The van der Waals surface area contributed by atoms with Crippen molar-refractivity contribution in [3.05, 3.63) is 30.0 Å². The fourth-order valence-electron chi connectivity index (χ4n) is 2.43. The molecule has 1 unspecified atom stereocenters. The van der Waals surface area contributed by atoms with Crippen LogP contribution in [0.5, 0.6) is 0 Å². The molecule has 1 fully saturated rings. The molecule has 1 saturated heterocycles. The third-order valence-corrected chi connectivity index (χ3v) is 3.35. The lowest BCUT2D eigenvalue weighted by molar-refractivity contribution is 0.462. The highest BCUT2D eigenvalue weighted by Gasteiger charge is 2.15. The number of anilines is 1. The summed E-state index contributed by atoms with van der Waals surface area (Å²) in [5, 5.41) is 3.43. The van der Waals surface area contributed by atoms with Crippen LogP contribution in [-0.4, -0.2) is 23.1 Å². The summed E-state index contributed by atoms with van der Waals surface area (Å²) >= 11 is 0. The zero-order valence-corrected chi connectivity index (χ0v) is 9.69. The second kappa shape index (κ2) is 4.30. The van der Waals surface area contributed by atoms with Crippen molar-refractivity contribution in [1.29, 1.82) is 0 Å². The molecular formula is C13H16N4. The number of nitrogen functional groups attached to an aromatic ring is 1. The molecule has 1 atom stereocenters. The quantitative estimate of drug-likeness (QED) is 0.779. The fourth-order valence-corrected chi connectivity index (χ4v) is 2.43. The van der Waals surface area contributed by atoms with Crippen molar-refractivity contribution in [2.24, 2.45) is 0 Å². The molecule has 1 aliphatic heterocycles. The van der Waals surface area contributed by atoms with Gasteiger partial charge in [-0.25, -0.2) is 4.98 Å². The Labute approximate surface area is 100 Å². The van der Waals surface area contributed by atoms with E-state index in [2.05, 4.69) is 27.4 Å². The summed E-state index contributed by atoms with van der Waals surface area (Å²) in [5.41, 5.74) is 8.78. The maximum absolute atomic E-state index is 5.62. The first-order chi connectivity index (χ1) is 8.33. The van der Waals surface area contributed by atoms with E-state index in [0.29, 0.717) is 11.7 Å². The minimum atomic E-state index is 0.476. The van der Waals surface area contributed by atoms with Gasteiger partial charge in [-0.1, -0.05) is 6.07 Å². The van der Waals surface area contributed by atoms with Crippen LogP contribution in [0.4, 0.5) is 5.82 Å². The second-order valence-corrected chi connectivity index (χ2v) is 4.59. The smallest absolute Gasteiger partial charge is 0.142 e. The SMILES string of the molecule is Nc1cnc2cc(C3CCCNC3)ccc2n1. The summed E-state index contributed by atoms with van der Waals surface area (Å²) in [6, 6.07) is 6.30. The Bertz CT molecular complexity index is 532. The Morgan fingerprint density at radius 2 is 2.24 bits per heavy atom. The van der Waals surface area contributed by atoms with Crippen molar-refractivity contribution in [3.8, 4) is 0 Å². The number of hydrogen-bond donors (Lipinski definition) is 2. The molecule has 1 aliphatic rings. The first kappa shape index (κ1) is 10.5. The van der Waals surface area contributed by atoms with Crippen molar-refractivity contribution in [2.75, 3.05) is 18.8 Å². The summed E-state index contributed by atoms with van der Waals surface area (Å²) in [5.74, 6) is 1.08. The van der Waals surface area contributed by atoms with Gasteiger partial charge < -0.3 is 11.1 Å². The van der Waals surface area contributed by atoms with Crippen LogP contribution < -0.4 is 11.1 Å². The lowest BCUT2D eigenvalue weighted by Crippen LogP contribution is -2.28. The van der Waals surface area contributed by atoms with E-state index in [0.717, 1.165) is 24.1 Å². The zero-order valence-electron chi connectivity index (χ0n) is 9.69. The van der Waals surface area contributed by atoms with Gasteiger partial charge in [-0.2, -0.15) is 0 Å². The molecule has 17 heavy (non-hydrogen) atoms. The van der Waals surface area contributed by atoms with Crippen LogP contribution in [0.3, 0.4) is 0 Å². The van der Waals surface area contributed by atoms with Gasteiger partial charge in [0.1, 0.15) is 5.82 Å². The molecule has 1 aromatic carbocycles. The lowest BCUT2D eigenvalue weighted by atomic mass is 9.91. The Kier molecular flexibility index (Phi) is 2.65. The number of benzene rings is 1. The van der Waals surface area contributed by atoms with Crippen LogP contribution in [0.2, 0.25) is 0 Å². The number of aromatic nitrogens is 2. The Hall–Kier alpha value is -1.68. The maximum Gasteiger partial charge on any atom is 0.142 e. The number of nitrogens with two attached hydrogens (primary N) is 1. The van der Waals surface area contributed by atoms with Crippen LogP contribution >= 0.6 is 0 Å². The summed E-state index contributed by atoms with van der Waals surface area (Å²) < 4.78 is 0. The van der Waals surface area contributed by atoms with Gasteiger partial charge in [0.25, 0.3) is 0 Å². The molecule has 0 amide bonds. The minimum absolute atomic E-state index is 0.476. The van der Waals surface area contributed by atoms with Gasteiger partial charge in [0, 0.05) is 6.54 Å². The van der Waals surface area contributed by atoms with E-state index in [9.17, 15) is 0 Å². The Morgan fingerprint density at radius 3 is 3.06 bits per heavy atom. The summed E-state index contributed by atoms with van der Waals surface area (Å²) in [4.78, 5) is 8.59. The average molecular weight is 228 g/mol. The summed E-state index contributed by atoms with van der Waals surface area (Å²) in [6.07, 6.45) is 4.11. The molecule has 4 nitrogen and oxygen atoms in total. The molecule has 88 valence electrons. The van der Waals surface area contributed by atoms with E-state index in [1.807, 2.05) is 6.07 Å². The van der Waals surface area contributed by atoms with Crippen LogP contribution in [0, 0.1) is 0 Å². The Morgan fingerprint density at radius 1 is 1.29 bits per heavy atom. The number of nitrogens with one attached hydrogen (secondary N) is 1. The number of hydrogen-bond acceptors (Lipinski definition) is 4. The van der Waals surface area contributed by atoms with E-state index in [4.69, 9.17) is 5.73 Å². The van der Waals surface area contributed by atoms with Gasteiger partial charge in [0.2, 0.25) is 0 Å². The standard InChI is InChI=1S/C13H16N4/c14-13-8-16-12-6-9(3-4-11(12)17-13)10-2-1-5-15-7-10/h3-4,6,8,10,15H,1-2,5,7H2,(H2,14,17). The summed E-state index contributed by atoms with van der Waals surface area (Å²) in [7, 11) is 0. The third kappa shape index (κ3) is 2.08. The van der Waals surface area contributed by atoms with Crippen LogP contribution in [0.15, 0.2) is 24.4 Å². The van der Waals surface area contributed by atoms with Crippen molar-refractivity contribution in [2.45, 2.75) is 18.8 Å². The van der Waals surface area contributed by atoms with E-state index < -0.39 is 0 Å². The largest absolute Gasteiger partial charge is 0.382 e. The first-order valence-electron chi connectivity index (χ1n) is 6.06. The number of rotatable bonds is 1. The fraction of sp³-hybridized carbons (Fsp3) is 0.385. The molecule has 3 rings (SSSR count). The van der Waals surface area contributed by atoms with Crippen LogP contribution in [0.1, 0.15) is 24.3 Å². The number of fused-ring (bicyclic) bond motifs is 1. The van der Waals surface area contributed by atoms with Gasteiger partial charge in [-0.15, -0.1) is 0 Å². The highest BCUT2D eigenvalue weighted by molar-refractivity contribution is 5.76. The topological polar surface area (TPSA) is 63.8 Å². The molecule has 3 N–H and O–H groups in total.